The molecule has 1 heterocycles. The van der Waals surface area contributed by atoms with Crippen LogP contribution in [0.15, 0.2) is 34.9 Å². The highest BCUT2D eigenvalue weighted by Gasteiger charge is 2.41. The molecule has 0 radical (unpaired) electrons. The summed E-state index contributed by atoms with van der Waals surface area (Å²) >= 11 is 0. The molecule has 1 aliphatic rings. The van der Waals surface area contributed by atoms with Crippen LogP contribution < -0.4 is 5.32 Å². The summed E-state index contributed by atoms with van der Waals surface area (Å²) < 4.78 is 10.6. The minimum absolute atomic E-state index is 0.0851. The average molecular weight is 387 g/mol. The molecule has 1 amide bonds. The largest absolute Gasteiger partial charge is 0.481 e. The third kappa shape index (κ3) is 5.09. The molecule has 1 fully saturated rings. The number of aliphatic carboxylic acids is 1. The number of aromatic nitrogens is 2. The molecule has 0 aliphatic heterocycles. The highest BCUT2D eigenvalue weighted by atomic mass is 16.5. The highest BCUT2D eigenvalue weighted by Crippen LogP contribution is 2.38. The van der Waals surface area contributed by atoms with Crippen LogP contribution in [0.5, 0.6) is 0 Å². The summed E-state index contributed by atoms with van der Waals surface area (Å²) in [6, 6.07) is 9.45. The van der Waals surface area contributed by atoms with Gasteiger partial charge in [-0.15, -0.1) is 0 Å². The topological polar surface area (TPSA) is 115 Å². The van der Waals surface area contributed by atoms with E-state index in [-0.39, 0.29) is 25.3 Å². The molecule has 1 aliphatic carbocycles. The van der Waals surface area contributed by atoms with Gasteiger partial charge in [0.05, 0.1) is 6.42 Å². The summed E-state index contributed by atoms with van der Waals surface area (Å²) in [7, 11) is 0. The van der Waals surface area contributed by atoms with Crippen LogP contribution in [0.1, 0.15) is 56.3 Å². The normalized spacial score (nSPS) is 21.8. The predicted molar refractivity (Wildman–Crippen MR) is 99.3 cm³/mol. The number of nitrogens with zero attached hydrogens (tertiary/aromatic N) is 2. The lowest BCUT2D eigenvalue weighted by atomic mass is 9.76. The van der Waals surface area contributed by atoms with Gasteiger partial charge in [-0.1, -0.05) is 42.4 Å². The lowest BCUT2D eigenvalue weighted by molar-refractivity contribution is -0.137. The first-order valence-corrected chi connectivity index (χ1v) is 9.50. The van der Waals surface area contributed by atoms with Crippen LogP contribution in [0.3, 0.4) is 0 Å². The molecule has 0 saturated heterocycles. The summed E-state index contributed by atoms with van der Waals surface area (Å²) in [5.74, 6) is 0.267. The van der Waals surface area contributed by atoms with Crippen molar-refractivity contribution in [3.63, 3.8) is 0 Å². The summed E-state index contributed by atoms with van der Waals surface area (Å²) in [5.41, 5.74) is 0.144. The van der Waals surface area contributed by atoms with Gasteiger partial charge in [0, 0.05) is 6.42 Å². The van der Waals surface area contributed by atoms with Crippen LogP contribution >= 0.6 is 0 Å². The van der Waals surface area contributed by atoms with Crippen molar-refractivity contribution in [3.8, 4) is 0 Å². The van der Waals surface area contributed by atoms with Crippen molar-refractivity contribution in [2.24, 2.45) is 5.92 Å². The van der Waals surface area contributed by atoms with Gasteiger partial charge in [-0.25, -0.2) is 4.79 Å². The van der Waals surface area contributed by atoms with E-state index in [1.54, 1.807) is 0 Å². The first kappa shape index (κ1) is 19.9. The van der Waals surface area contributed by atoms with Crippen molar-refractivity contribution >= 4 is 12.1 Å². The molecule has 1 aromatic heterocycles. The van der Waals surface area contributed by atoms with Gasteiger partial charge in [-0.3, -0.25) is 4.79 Å². The molecule has 0 bridgehead atoms. The van der Waals surface area contributed by atoms with Crippen molar-refractivity contribution in [1.82, 2.24) is 15.5 Å². The molecule has 0 spiro atoms. The number of hydrogen-bond donors (Lipinski definition) is 2. The lowest BCUT2D eigenvalue weighted by Crippen LogP contribution is -2.49. The van der Waals surface area contributed by atoms with E-state index in [0.717, 1.165) is 18.4 Å². The molecular formula is C20H25N3O5. The van der Waals surface area contributed by atoms with Crippen molar-refractivity contribution in [2.45, 2.75) is 57.6 Å². The number of carbonyl (C=O) groups excluding carboxylic acids is 1. The Kier molecular flexibility index (Phi) is 6.28. The fourth-order valence-corrected chi connectivity index (χ4v) is 3.38. The van der Waals surface area contributed by atoms with E-state index >= 15 is 0 Å². The fraction of sp³-hybridized carbons (Fsp3) is 0.500. The monoisotopic (exact) mass is 387 g/mol. The number of ether oxygens (including phenoxy) is 1. The van der Waals surface area contributed by atoms with Crippen LogP contribution in [-0.2, 0) is 28.1 Å². The molecule has 2 aromatic rings. The summed E-state index contributed by atoms with van der Waals surface area (Å²) in [5, 5.41) is 15.8. The van der Waals surface area contributed by atoms with E-state index in [0.29, 0.717) is 24.6 Å². The van der Waals surface area contributed by atoms with Gasteiger partial charge >= 0.3 is 12.1 Å². The van der Waals surface area contributed by atoms with Gasteiger partial charge in [0.25, 0.3) is 0 Å². The standard InChI is InChI=1S/C20H25N3O5/c1-14-9-11-20(12-10-14,18-21-16(28-23-18)7-8-17(24)25)22-19(26)27-13-15-5-3-2-4-6-15/h2-6,14H,7-13H2,1H3,(H,22,26)(H,24,25). The molecule has 28 heavy (non-hydrogen) atoms. The van der Waals surface area contributed by atoms with E-state index in [4.69, 9.17) is 14.4 Å². The Morgan fingerprint density at radius 3 is 2.68 bits per heavy atom. The first-order chi connectivity index (χ1) is 13.5. The Hall–Kier alpha value is -2.90. The maximum absolute atomic E-state index is 12.5. The van der Waals surface area contributed by atoms with Crippen molar-refractivity contribution in [1.29, 1.82) is 0 Å². The van der Waals surface area contributed by atoms with Gasteiger partial charge < -0.3 is 19.7 Å². The van der Waals surface area contributed by atoms with Gasteiger partial charge in [0.2, 0.25) is 5.89 Å². The molecule has 0 unspecified atom stereocenters. The van der Waals surface area contributed by atoms with Gasteiger partial charge in [-0.05, 0) is 37.2 Å². The minimum Gasteiger partial charge on any atom is -0.481 e. The Labute approximate surface area is 163 Å². The predicted octanol–water partition coefficient (Wildman–Crippen LogP) is 3.42. The third-order valence-corrected chi connectivity index (χ3v) is 5.13. The summed E-state index contributed by atoms with van der Waals surface area (Å²) in [4.78, 5) is 27.6. The molecule has 1 aromatic carbocycles. The van der Waals surface area contributed by atoms with Crippen LogP contribution in [0.2, 0.25) is 0 Å². The molecule has 8 heteroatoms. The number of nitrogens with one attached hydrogen (secondary N) is 1. The first-order valence-electron chi connectivity index (χ1n) is 9.50. The second kappa shape index (κ2) is 8.86. The number of carbonyl (C=O) groups is 2. The zero-order chi connectivity index (χ0) is 20.0. The number of hydrogen-bond acceptors (Lipinski definition) is 6. The van der Waals surface area contributed by atoms with E-state index in [9.17, 15) is 9.59 Å². The number of benzene rings is 1. The molecule has 2 N–H and O–H groups in total. The highest BCUT2D eigenvalue weighted by molar-refractivity contribution is 5.68. The molecular weight excluding hydrogens is 362 g/mol. The Morgan fingerprint density at radius 2 is 2.00 bits per heavy atom. The molecule has 0 atom stereocenters. The number of carboxylic acids is 1. The average Bonchev–Trinajstić information content (AvgIpc) is 3.17. The summed E-state index contributed by atoms with van der Waals surface area (Å²) in [6.07, 6.45) is 2.72. The third-order valence-electron chi connectivity index (χ3n) is 5.13. The van der Waals surface area contributed by atoms with Crippen LogP contribution in [-0.4, -0.2) is 27.3 Å². The van der Waals surface area contributed by atoms with Gasteiger partial charge in [-0.2, -0.15) is 4.98 Å². The maximum atomic E-state index is 12.5. The van der Waals surface area contributed by atoms with Crippen LogP contribution in [0.4, 0.5) is 4.79 Å². The number of amides is 1. The molecule has 150 valence electrons. The van der Waals surface area contributed by atoms with Crippen molar-refractivity contribution < 1.29 is 24.0 Å². The van der Waals surface area contributed by atoms with E-state index < -0.39 is 17.6 Å². The molecule has 1 saturated carbocycles. The van der Waals surface area contributed by atoms with Crippen molar-refractivity contribution in [2.75, 3.05) is 0 Å². The maximum Gasteiger partial charge on any atom is 0.408 e. The van der Waals surface area contributed by atoms with Crippen LogP contribution in [0, 0.1) is 5.92 Å². The number of carboxylic acid groups (broad SMARTS) is 1. The SMILES string of the molecule is CC1CCC(NC(=O)OCc2ccccc2)(c2noc(CCC(=O)O)n2)CC1. The number of alkyl carbamates (subject to hydrolysis) is 1. The van der Waals surface area contributed by atoms with E-state index in [1.165, 1.54) is 0 Å². The van der Waals surface area contributed by atoms with Crippen LogP contribution in [0.25, 0.3) is 0 Å². The van der Waals surface area contributed by atoms with Gasteiger partial charge in [0.1, 0.15) is 12.1 Å². The number of rotatable bonds is 7. The van der Waals surface area contributed by atoms with E-state index in [2.05, 4.69) is 22.4 Å². The fourth-order valence-electron chi connectivity index (χ4n) is 3.38. The second-order valence-electron chi connectivity index (χ2n) is 7.36. The van der Waals surface area contributed by atoms with Crippen molar-refractivity contribution in [3.05, 3.63) is 47.6 Å². The van der Waals surface area contributed by atoms with Gasteiger partial charge in [0.15, 0.2) is 5.82 Å². The number of aryl methyl sites for hydroxylation is 1. The Balaban J connectivity index is 1.69. The zero-order valence-electron chi connectivity index (χ0n) is 15.9. The molecule has 3 rings (SSSR count). The Morgan fingerprint density at radius 1 is 1.29 bits per heavy atom. The summed E-state index contributed by atoms with van der Waals surface area (Å²) in [6.45, 7) is 2.35. The second-order valence-corrected chi connectivity index (χ2v) is 7.36. The zero-order valence-corrected chi connectivity index (χ0v) is 15.9. The molecule has 8 nitrogen and oxygen atoms in total. The minimum atomic E-state index is -0.927. The quantitative estimate of drug-likeness (QED) is 0.748. The van der Waals surface area contributed by atoms with E-state index in [1.807, 2.05) is 30.3 Å². The Bertz CT molecular complexity index is 797. The smallest absolute Gasteiger partial charge is 0.408 e. The lowest BCUT2D eigenvalue weighted by Gasteiger charge is -2.37.